The standard InChI is InChI=1S/C13H17NO4S/c1-7(2)8-6-19-10(11(15)16)9(8)14-12(17)18-13(3,4)5/h6H,1H2,2-5H3,(H,14,17)(H,15,16). The molecule has 104 valence electrons. The molecule has 0 bridgehead atoms. The van der Waals surface area contributed by atoms with Crippen molar-refractivity contribution in [3.05, 3.63) is 22.4 Å². The number of hydrogen-bond acceptors (Lipinski definition) is 4. The number of carboxylic acid groups (broad SMARTS) is 1. The van der Waals surface area contributed by atoms with E-state index >= 15 is 0 Å². The van der Waals surface area contributed by atoms with Gasteiger partial charge in [-0.05, 0) is 33.3 Å². The van der Waals surface area contributed by atoms with Gasteiger partial charge in [0.15, 0.2) is 0 Å². The summed E-state index contributed by atoms with van der Waals surface area (Å²) in [5, 5.41) is 13.2. The summed E-state index contributed by atoms with van der Waals surface area (Å²) < 4.78 is 5.11. The second-order valence-corrected chi connectivity index (χ2v) is 5.95. The molecule has 1 aromatic rings. The first kappa shape index (κ1) is 15.2. The summed E-state index contributed by atoms with van der Waals surface area (Å²) in [6, 6.07) is 0. The molecule has 0 aliphatic carbocycles. The van der Waals surface area contributed by atoms with Gasteiger partial charge in [0, 0.05) is 10.9 Å². The van der Waals surface area contributed by atoms with Gasteiger partial charge in [-0.25, -0.2) is 9.59 Å². The van der Waals surface area contributed by atoms with Gasteiger partial charge in [0.2, 0.25) is 0 Å². The molecule has 0 spiro atoms. The zero-order valence-electron chi connectivity index (χ0n) is 11.4. The van der Waals surface area contributed by atoms with E-state index in [0.717, 1.165) is 11.3 Å². The van der Waals surface area contributed by atoms with Gasteiger partial charge in [0.25, 0.3) is 0 Å². The molecule has 5 nitrogen and oxygen atoms in total. The molecule has 0 aromatic carbocycles. The highest BCUT2D eigenvalue weighted by Gasteiger charge is 2.22. The highest BCUT2D eigenvalue weighted by atomic mass is 32.1. The third-order valence-corrected chi connectivity index (χ3v) is 3.04. The minimum Gasteiger partial charge on any atom is -0.477 e. The monoisotopic (exact) mass is 283 g/mol. The molecule has 2 N–H and O–H groups in total. The van der Waals surface area contributed by atoms with Crippen LogP contribution in [-0.2, 0) is 4.74 Å². The van der Waals surface area contributed by atoms with E-state index in [2.05, 4.69) is 11.9 Å². The second-order valence-electron chi connectivity index (χ2n) is 5.07. The number of amides is 1. The minimum absolute atomic E-state index is 0.0591. The van der Waals surface area contributed by atoms with Crippen LogP contribution >= 0.6 is 11.3 Å². The summed E-state index contributed by atoms with van der Waals surface area (Å²) in [5.74, 6) is -1.09. The Bertz CT molecular complexity index is 494. The summed E-state index contributed by atoms with van der Waals surface area (Å²) >= 11 is 1.04. The Kier molecular flexibility index (Phi) is 4.36. The van der Waals surface area contributed by atoms with Gasteiger partial charge in [-0.3, -0.25) is 5.32 Å². The zero-order chi connectivity index (χ0) is 14.8. The van der Waals surface area contributed by atoms with Crippen molar-refractivity contribution in [1.29, 1.82) is 0 Å². The molecule has 0 saturated heterocycles. The number of carbonyl (C=O) groups is 2. The number of thiophene rings is 1. The van der Waals surface area contributed by atoms with Crippen LogP contribution in [0.3, 0.4) is 0 Å². The van der Waals surface area contributed by atoms with Gasteiger partial charge >= 0.3 is 12.1 Å². The van der Waals surface area contributed by atoms with E-state index in [1.165, 1.54) is 0 Å². The average Bonchev–Trinajstić information content (AvgIpc) is 2.57. The first-order valence-electron chi connectivity index (χ1n) is 5.62. The van der Waals surface area contributed by atoms with Gasteiger partial charge in [0.05, 0.1) is 5.69 Å². The smallest absolute Gasteiger partial charge is 0.412 e. The number of nitrogens with one attached hydrogen (secondary N) is 1. The van der Waals surface area contributed by atoms with Gasteiger partial charge in [0.1, 0.15) is 10.5 Å². The summed E-state index contributed by atoms with van der Waals surface area (Å²) in [6.45, 7) is 10.7. The van der Waals surface area contributed by atoms with Crippen molar-refractivity contribution in [3.8, 4) is 0 Å². The molecule has 19 heavy (non-hydrogen) atoms. The minimum atomic E-state index is -1.09. The molecule has 1 rings (SSSR count). The van der Waals surface area contributed by atoms with E-state index in [-0.39, 0.29) is 10.6 Å². The predicted molar refractivity (Wildman–Crippen MR) is 75.8 cm³/mol. The van der Waals surface area contributed by atoms with Crippen molar-refractivity contribution in [2.45, 2.75) is 33.3 Å². The normalized spacial score (nSPS) is 10.9. The number of ether oxygens (including phenoxy) is 1. The van der Waals surface area contributed by atoms with Crippen LogP contribution in [-0.4, -0.2) is 22.8 Å². The molecule has 0 aliphatic rings. The average molecular weight is 283 g/mol. The fourth-order valence-electron chi connectivity index (χ4n) is 1.36. The third kappa shape index (κ3) is 4.10. The number of allylic oxidation sites excluding steroid dienone is 1. The fourth-order valence-corrected chi connectivity index (χ4v) is 2.29. The van der Waals surface area contributed by atoms with Crippen LogP contribution in [0.2, 0.25) is 0 Å². The van der Waals surface area contributed by atoms with Crippen molar-refractivity contribution in [3.63, 3.8) is 0 Å². The van der Waals surface area contributed by atoms with E-state index in [4.69, 9.17) is 9.84 Å². The molecule has 1 amide bonds. The first-order valence-corrected chi connectivity index (χ1v) is 6.50. The van der Waals surface area contributed by atoms with Crippen molar-refractivity contribution < 1.29 is 19.4 Å². The maximum atomic E-state index is 11.7. The van der Waals surface area contributed by atoms with Crippen LogP contribution in [0.15, 0.2) is 12.0 Å². The molecule has 6 heteroatoms. The van der Waals surface area contributed by atoms with Crippen LogP contribution in [0.5, 0.6) is 0 Å². The number of rotatable bonds is 3. The number of carbonyl (C=O) groups excluding carboxylic acids is 1. The lowest BCUT2D eigenvalue weighted by Crippen LogP contribution is -2.27. The lowest BCUT2D eigenvalue weighted by Gasteiger charge is -2.20. The lowest BCUT2D eigenvalue weighted by molar-refractivity contribution is 0.0636. The number of carboxylic acids is 1. The maximum absolute atomic E-state index is 11.7. The SMILES string of the molecule is C=C(C)c1csc(C(=O)O)c1NC(=O)OC(C)(C)C. The van der Waals surface area contributed by atoms with Crippen LogP contribution in [0.4, 0.5) is 10.5 Å². The quantitative estimate of drug-likeness (QED) is 0.884. The van der Waals surface area contributed by atoms with E-state index in [1.807, 2.05) is 0 Å². The van der Waals surface area contributed by atoms with E-state index < -0.39 is 17.7 Å². The highest BCUT2D eigenvalue weighted by molar-refractivity contribution is 7.13. The largest absolute Gasteiger partial charge is 0.477 e. The molecule has 0 saturated carbocycles. The molecule has 1 heterocycles. The molecule has 0 fully saturated rings. The van der Waals surface area contributed by atoms with Crippen LogP contribution in [0.25, 0.3) is 5.57 Å². The van der Waals surface area contributed by atoms with Gasteiger partial charge < -0.3 is 9.84 Å². The Balaban J connectivity index is 3.05. The van der Waals surface area contributed by atoms with E-state index in [1.54, 1.807) is 33.1 Å². The van der Waals surface area contributed by atoms with Crippen LogP contribution in [0.1, 0.15) is 42.9 Å². The summed E-state index contributed by atoms with van der Waals surface area (Å²) in [4.78, 5) is 22.9. The summed E-state index contributed by atoms with van der Waals surface area (Å²) in [7, 11) is 0. The van der Waals surface area contributed by atoms with E-state index in [0.29, 0.717) is 11.1 Å². The Hall–Kier alpha value is -1.82. The molecular weight excluding hydrogens is 266 g/mol. The number of anilines is 1. The number of aromatic carboxylic acids is 1. The molecule has 0 aliphatic heterocycles. The van der Waals surface area contributed by atoms with Gasteiger partial charge in [-0.1, -0.05) is 6.58 Å². The fraction of sp³-hybridized carbons (Fsp3) is 0.385. The molecule has 1 aromatic heterocycles. The molecule has 0 radical (unpaired) electrons. The van der Waals surface area contributed by atoms with Crippen molar-refractivity contribution >= 4 is 34.7 Å². The highest BCUT2D eigenvalue weighted by Crippen LogP contribution is 2.33. The van der Waals surface area contributed by atoms with Crippen LogP contribution in [0, 0.1) is 0 Å². The molecule has 0 unspecified atom stereocenters. The number of hydrogen-bond donors (Lipinski definition) is 2. The van der Waals surface area contributed by atoms with Crippen molar-refractivity contribution in [1.82, 2.24) is 0 Å². The first-order chi connectivity index (χ1) is 8.61. The van der Waals surface area contributed by atoms with Gasteiger partial charge in [-0.15, -0.1) is 11.3 Å². The lowest BCUT2D eigenvalue weighted by atomic mass is 10.1. The maximum Gasteiger partial charge on any atom is 0.412 e. The van der Waals surface area contributed by atoms with E-state index in [9.17, 15) is 9.59 Å². The Morgan fingerprint density at radius 1 is 1.42 bits per heavy atom. The molecule has 0 atom stereocenters. The predicted octanol–water partition coefficient (Wildman–Crippen LogP) is 3.83. The Morgan fingerprint density at radius 2 is 2.00 bits per heavy atom. The topological polar surface area (TPSA) is 75.6 Å². The van der Waals surface area contributed by atoms with Crippen molar-refractivity contribution in [2.24, 2.45) is 0 Å². The molecular formula is C13H17NO4S. The summed E-state index contributed by atoms with van der Waals surface area (Å²) in [6.07, 6.45) is -0.684. The van der Waals surface area contributed by atoms with Gasteiger partial charge in [-0.2, -0.15) is 0 Å². The van der Waals surface area contributed by atoms with Crippen molar-refractivity contribution in [2.75, 3.05) is 5.32 Å². The Morgan fingerprint density at radius 3 is 2.42 bits per heavy atom. The Labute approximate surface area is 115 Å². The van der Waals surface area contributed by atoms with Crippen LogP contribution < -0.4 is 5.32 Å². The summed E-state index contributed by atoms with van der Waals surface area (Å²) in [5.41, 5.74) is 0.870. The zero-order valence-corrected chi connectivity index (χ0v) is 12.2. The third-order valence-electron chi connectivity index (χ3n) is 2.07. The second kappa shape index (κ2) is 5.44.